The molecular formula is C50H50N10O12S3. The second kappa shape index (κ2) is 23.3. The van der Waals surface area contributed by atoms with Crippen molar-refractivity contribution >= 4 is 93.3 Å². The van der Waals surface area contributed by atoms with E-state index in [9.17, 15) is 45.2 Å². The molecule has 7 aromatic carbocycles. The van der Waals surface area contributed by atoms with Crippen LogP contribution in [0, 0.1) is 34.6 Å². The Labute approximate surface area is 431 Å². The molecule has 8 rings (SSSR count). The van der Waals surface area contributed by atoms with Crippen LogP contribution in [-0.4, -0.2) is 60.4 Å². The highest BCUT2D eigenvalue weighted by atomic mass is 32.3. The average Bonchev–Trinajstić information content (AvgIpc) is 3.62. The number of carbonyl (C=O) groups is 1. The number of aromatic nitrogens is 2. The molecule has 0 aliphatic carbocycles. The Bertz CT molecular complexity index is 3780. The van der Waals surface area contributed by atoms with E-state index in [1.807, 2.05) is 57.2 Å². The summed E-state index contributed by atoms with van der Waals surface area (Å²) in [4.78, 5) is 22.9. The predicted octanol–water partition coefficient (Wildman–Crippen LogP) is 12.8. The summed E-state index contributed by atoms with van der Waals surface area (Å²) in [7, 11) is -12.8. The van der Waals surface area contributed by atoms with Crippen LogP contribution in [0.25, 0.3) is 16.5 Å². The van der Waals surface area contributed by atoms with Gasteiger partial charge in [-0.05, 0) is 143 Å². The molecule has 390 valence electrons. The van der Waals surface area contributed by atoms with Gasteiger partial charge in [-0.3, -0.25) is 23.8 Å². The van der Waals surface area contributed by atoms with Gasteiger partial charge in [-0.2, -0.15) is 32.2 Å². The first-order chi connectivity index (χ1) is 35.2. The number of rotatable bonds is 11. The number of aromatic hydroxyl groups is 1. The Morgan fingerprint density at radius 3 is 1.55 bits per heavy atom. The van der Waals surface area contributed by atoms with E-state index in [0.29, 0.717) is 50.5 Å². The van der Waals surface area contributed by atoms with Crippen molar-refractivity contribution in [2.45, 2.75) is 56.2 Å². The molecule has 22 nitrogen and oxygen atoms in total. The lowest BCUT2D eigenvalue weighted by Gasteiger charge is -2.22. The van der Waals surface area contributed by atoms with Crippen molar-refractivity contribution in [3.8, 4) is 11.4 Å². The maximum atomic E-state index is 12.6. The van der Waals surface area contributed by atoms with Gasteiger partial charge >= 0.3 is 0 Å². The van der Waals surface area contributed by atoms with Crippen molar-refractivity contribution < 1.29 is 49.5 Å². The number of phenols is 1. The SMILES string of the molecule is CC(=O)Nc1ccc2c(O)c(N=Nc3ccc(C)cc3)c(S(O)(O)O)cc2c1.Cc1ccc(N=Nc2c(C)[nH]n(-c3ccc(S(=O)(=O)O)cc3)c2=O)cc1.Cc1ccc(N=Nc2cc(S(=O)(=O)O)c(C)cc2N)cc1. The quantitative estimate of drug-likeness (QED) is 0.0331. The van der Waals surface area contributed by atoms with E-state index in [0.717, 1.165) is 16.7 Å². The average molecular weight is 1080 g/mol. The standard InChI is InChI=1S/C19H19N3O5S.C17H16N4O4S.C14H15N3O3S/c1-11-3-5-14(6-4-11)21-22-18-17(28(25,26)27)10-13-9-15(20-12(2)23)7-8-16(13)19(18)24;1-11-3-5-13(6-4-11)18-19-16-12(2)20-21(17(16)22)14-7-9-15(10-8-14)26(23,24)25;1-9-3-5-11(6-4-9)16-17-13-8-14(21(18,19)20)10(2)7-12(13)15/h3-10,24-27H,1-2H3,(H,20,23);3-10,20H,1-2H3,(H,23,24,25);3-8H,15H2,1-2H3,(H,18,19,20). The monoisotopic (exact) mass is 1080 g/mol. The van der Waals surface area contributed by atoms with Crippen LogP contribution in [0.5, 0.6) is 5.75 Å². The van der Waals surface area contributed by atoms with Crippen LogP contribution in [0.15, 0.2) is 184 Å². The highest BCUT2D eigenvalue weighted by molar-refractivity contribution is 8.19. The lowest BCUT2D eigenvalue weighted by atomic mass is 10.1. The van der Waals surface area contributed by atoms with Crippen LogP contribution in [0.4, 0.5) is 45.5 Å². The van der Waals surface area contributed by atoms with Gasteiger partial charge in [0.1, 0.15) is 22.2 Å². The maximum absolute atomic E-state index is 12.6. The van der Waals surface area contributed by atoms with Crippen molar-refractivity contribution in [2.75, 3.05) is 11.1 Å². The molecule has 0 bridgehead atoms. The molecule has 0 fully saturated rings. The zero-order valence-corrected chi connectivity index (χ0v) is 43.2. The molecule has 75 heavy (non-hydrogen) atoms. The summed E-state index contributed by atoms with van der Waals surface area (Å²) < 4.78 is 93.6. The van der Waals surface area contributed by atoms with Gasteiger partial charge in [0, 0.05) is 18.0 Å². The summed E-state index contributed by atoms with van der Waals surface area (Å²) in [6, 6.07) is 35.7. The molecule has 0 aliphatic heterocycles. The number of hydrogen-bond donors (Lipinski definition) is 9. The minimum absolute atomic E-state index is 0.157. The number of benzene rings is 7. The van der Waals surface area contributed by atoms with Gasteiger partial charge in [0.15, 0.2) is 11.4 Å². The van der Waals surface area contributed by atoms with Crippen molar-refractivity contribution in [2.24, 2.45) is 30.7 Å². The summed E-state index contributed by atoms with van der Waals surface area (Å²) in [5, 5.41) is 40.8. The van der Waals surface area contributed by atoms with E-state index in [2.05, 4.69) is 41.1 Å². The van der Waals surface area contributed by atoms with Crippen molar-refractivity contribution in [3.63, 3.8) is 0 Å². The molecule has 0 saturated carbocycles. The van der Waals surface area contributed by atoms with E-state index in [1.165, 1.54) is 60.1 Å². The van der Waals surface area contributed by atoms with E-state index in [1.54, 1.807) is 62.4 Å². The minimum atomic E-state index is -4.32. The summed E-state index contributed by atoms with van der Waals surface area (Å²) in [6.07, 6.45) is 0. The normalized spacial score (nSPS) is 12.1. The highest BCUT2D eigenvalue weighted by Gasteiger charge is 2.26. The molecular weight excluding hydrogens is 1030 g/mol. The van der Waals surface area contributed by atoms with Gasteiger partial charge in [0.2, 0.25) is 5.91 Å². The van der Waals surface area contributed by atoms with E-state index >= 15 is 0 Å². The Balaban J connectivity index is 0.000000185. The molecule has 0 spiro atoms. The summed E-state index contributed by atoms with van der Waals surface area (Å²) in [5.41, 5.74) is 12.4. The molecule has 1 aromatic heterocycles. The van der Waals surface area contributed by atoms with Crippen LogP contribution in [0.1, 0.15) is 34.9 Å². The predicted molar refractivity (Wildman–Crippen MR) is 286 cm³/mol. The third-order valence-corrected chi connectivity index (χ3v) is 13.4. The number of nitrogens with zero attached hydrogens (tertiary/aromatic N) is 7. The number of phenolic OH excluding ortho intramolecular Hbond substituents is 1. The second-order valence-electron chi connectivity index (χ2n) is 16.7. The number of aromatic amines is 1. The summed E-state index contributed by atoms with van der Waals surface area (Å²) >= 11 is 0. The number of anilines is 2. The van der Waals surface area contributed by atoms with E-state index < -0.39 is 36.7 Å². The largest absolute Gasteiger partial charge is 0.505 e. The fourth-order valence-electron chi connectivity index (χ4n) is 6.77. The lowest BCUT2D eigenvalue weighted by molar-refractivity contribution is -0.114. The van der Waals surface area contributed by atoms with Crippen molar-refractivity contribution in [3.05, 3.63) is 172 Å². The molecule has 0 aliphatic rings. The number of hydrogen-bond acceptors (Lipinski definition) is 17. The highest BCUT2D eigenvalue weighted by Crippen LogP contribution is 2.54. The molecule has 8 aromatic rings. The van der Waals surface area contributed by atoms with Gasteiger partial charge in [-0.1, -0.05) is 53.1 Å². The number of aryl methyl sites for hydroxylation is 5. The topological polar surface area (TPSA) is 357 Å². The number of azo groups is 3. The molecule has 0 atom stereocenters. The fourth-order valence-corrected chi connectivity index (χ4v) is 8.66. The number of carbonyl (C=O) groups excluding carboxylic acids is 1. The van der Waals surface area contributed by atoms with Crippen LogP contribution >= 0.6 is 10.9 Å². The molecule has 1 amide bonds. The number of nitrogen functional groups attached to an aromatic ring is 1. The summed E-state index contributed by atoms with van der Waals surface area (Å²) in [5.74, 6) is -0.648. The first-order valence-corrected chi connectivity index (χ1v) is 26.4. The zero-order chi connectivity index (χ0) is 55.0. The fraction of sp³-hybridized carbons (Fsp3) is 0.120. The first kappa shape index (κ1) is 56.0. The van der Waals surface area contributed by atoms with Gasteiger partial charge in [0.25, 0.3) is 25.8 Å². The number of nitrogens with one attached hydrogen (secondary N) is 2. The first-order valence-electron chi connectivity index (χ1n) is 22.0. The summed E-state index contributed by atoms with van der Waals surface area (Å²) in [6.45, 7) is 10.4. The third-order valence-electron chi connectivity index (χ3n) is 10.6. The van der Waals surface area contributed by atoms with Crippen LogP contribution in [-0.2, 0) is 25.0 Å². The van der Waals surface area contributed by atoms with Crippen LogP contribution in [0.2, 0.25) is 0 Å². The van der Waals surface area contributed by atoms with Gasteiger partial charge in [-0.15, -0.1) is 15.3 Å². The second-order valence-corrected chi connectivity index (χ2v) is 20.9. The Morgan fingerprint density at radius 1 is 0.587 bits per heavy atom. The number of fused-ring (bicyclic) bond motifs is 1. The molecule has 0 radical (unpaired) electrons. The Morgan fingerprint density at radius 2 is 1.08 bits per heavy atom. The minimum Gasteiger partial charge on any atom is -0.505 e. The van der Waals surface area contributed by atoms with E-state index in [4.69, 9.17) is 14.8 Å². The lowest BCUT2D eigenvalue weighted by Crippen LogP contribution is -2.14. The van der Waals surface area contributed by atoms with E-state index in [-0.39, 0.29) is 49.1 Å². The van der Waals surface area contributed by atoms with Gasteiger partial charge < -0.3 is 29.8 Å². The van der Waals surface area contributed by atoms with Crippen LogP contribution < -0.4 is 16.6 Å². The van der Waals surface area contributed by atoms with Crippen molar-refractivity contribution in [1.82, 2.24) is 9.78 Å². The molecule has 0 unspecified atom stereocenters. The zero-order valence-electron chi connectivity index (χ0n) is 40.8. The maximum Gasteiger partial charge on any atom is 0.299 e. The molecule has 25 heteroatoms. The smallest absolute Gasteiger partial charge is 0.299 e. The number of H-pyrrole nitrogens is 1. The molecule has 10 N–H and O–H groups in total. The van der Waals surface area contributed by atoms with Gasteiger partial charge in [-0.25, -0.2) is 4.68 Å². The third kappa shape index (κ3) is 14.9. The Kier molecular flexibility index (Phi) is 17.4. The van der Waals surface area contributed by atoms with Crippen molar-refractivity contribution in [1.29, 1.82) is 0 Å². The number of nitrogens with two attached hydrogens (primary N) is 1. The van der Waals surface area contributed by atoms with Crippen LogP contribution in [0.3, 0.4) is 0 Å². The molecule has 0 saturated heterocycles. The van der Waals surface area contributed by atoms with Gasteiger partial charge in [0.05, 0.1) is 48.8 Å². The molecule has 1 heterocycles. The number of amides is 1. The Hall–Kier alpha value is -8.27.